The van der Waals surface area contributed by atoms with Crippen LogP contribution in [0.15, 0.2) is 29.4 Å². The first-order valence-electron chi connectivity index (χ1n) is 6.12. The second-order valence-electron chi connectivity index (χ2n) is 5.15. The zero-order valence-electron chi connectivity index (χ0n) is 12.1. The molecule has 0 spiro atoms. The number of carbonyl (C=O) groups excluding carboxylic acids is 2. The summed E-state index contributed by atoms with van der Waals surface area (Å²) in [5.74, 6) is -0.912. The smallest absolute Gasteiger partial charge is 0.329 e. The van der Waals surface area contributed by atoms with Crippen LogP contribution in [0.4, 0.5) is 0 Å². The van der Waals surface area contributed by atoms with Gasteiger partial charge in [-0.3, -0.25) is 9.59 Å². The molecule has 0 aromatic heterocycles. The number of carbonyl (C=O) groups is 2. The maximum Gasteiger partial charge on any atom is 0.329 e. The van der Waals surface area contributed by atoms with Gasteiger partial charge in [-0.25, -0.2) is 5.43 Å². The van der Waals surface area contributed by atoms with Gasteiger partial charge in [-0.15, -0.1) is 0 Å². The number of rotatable bonds is 3. The standard InChI is InChI=1S/C14H19N3O3/c1-14(2,3)16-12(18)13(19)17-15-9-10-7-5-6-8-11(10)20-4/h5-9H,1-4H3,(H,16,18)(H,17,19)/b15-9+. The average Bonchev–Trinajstić information content (AvgIpc) is 2.37. The molecule has 6 nitrogen and oxygen atoms in total. The fourth-order valence-electron chi connectivity index (χ4n) is 1.38. The van der Waals surface area contributed by atoms with Crippen LogP contribution in [0.25, 0.3) is 0 Å². The van der Waals surface area contributed by atoms with Gasteiger partial charge in [-0.2, -0.15) is 5.10 Å². The van der Waals surface area contributed by atoms with Crippen LogP contribution in [0.1, 0.15) is 26.3 Å². The predicted molar refractivity (Wildman–Crippen MR) is 76.6 cm³/mol. The van der Waals surface area contributed by atoms with Crippen LogP contribution in [-0.2, 0) is 9.59 Å². The lowest BCUT2D eigenvalue weighted by Crippen LogP contribution is -2.47. The third kappa shape index (κ3) is 5.09. The van der Waals surface area contributed by atoms with Gasteiger partial charge in [-0.1, -0.05) is 12.1 Å². The van der Waals surface area contributed by atoms with Crippen LogP contribution >= 0.6 is 0 Å². The second-order valence-corrected chi connectivity index (χ2v) is 5.15. The van der Waals surface area contributed by atoms with E-state index in [1.807, 2.05) is 12.1 Å². The second kappa shape index (κ2) is 6.70. The third-order valence-electron chi connectivity index (χ3n) is 2.20. The van der Waals surface area contributed by atoms with E-state index in [4.69, 9.17) is 4.74 Å². The number of ether oxygens (including phenoxy) is 1. The van der Waals surface area contributed by atoms with Crippen molar-refractivity contribution in [2.45, 2.75) is 26.3 Å². The van der Waals surface area contributed by atoms with Crippen LogP contribution in [0, 0.1) is 0 Å². The molecule has 0 fully saturated rings. The van der Waals surface area contributed by atoms with E-state index in [-0.39, 0.29) is 0 Å². The highest BCUT2D eigenvalue weighted by Gasteiger charge is 2.19. The van der Waals surface area contributed by atoms with Crippen LogP contribution in [-0.4, -0.2) is 30.7 Å². The van der Waals surface area contributed by atoms with Crippen molar-refractivity contribution in [3.05, 3.63) is 29.8 Å². The quantitative estimate of drug-likeness (QED) is 0.492. The number of methoxy groups -OCH3 is 1. The molecule has 0 aliphatic heterocycles. The van der Waals surface area contributed by atoms with Crippen LogP contribution < -0.4 is 15.5 Å². The van der Waals surface area contributed by atoms with Gasteiger partial charge in [0.05, 0.1) is 13.3 Å². The maximum absolute atomic E-state index is 11.5. The Bertz CT molecular complexity index is 519. The van der Waals surface area contributed by atoms with Gasteiger partial charge < -0.3 is 10.1 Å². The van der Waals surface area contributed by atoms with E-state index in [2.05, 4.69) is 15.8 Å². The van der Waals surface area contributed by atoms with Crippen molar-refractivity contribution >= 4 is 18.0 Å². The molecule has 108 valence electrons. The molecule has 0 aliphatic rings. The van der Waals surface area contributed by atoms with Crippen LogP contribution in [0.2, 0.25) is 0 Å². The van der Waals surface area contributed by atoms with Gasteiger partial charge in [-0.05, 0) is 32.9 Å². The Hall–Kier alpha value is -2.37. The molecule has 0 radical (unpaired) electrons. The van der Waals surface area contributed by atoms with Crippen LogP contribution in [0.5, 0.6) is 5.75 Å². The van der Waals surface area contributed by atoms with E-state index in [1.54, 1.807) is 40.0 Å². The molecule has 0 saturated carbocycles. The Balaban J connectivity index is 2.60. The summed E-state index contributed by atoms with van der Waals surface area (Å²) in [5, 5.41) is 6.28. The number of hydrogen-bond acceptors (Lipinski definition) is 4. The molecule has 0 unspecified atom stereocenters. The number of amides is 2. The molecule has 6 heteroatoms. The number of nitrogens with one attached hydrogen (secondary N) is 2. The van der Waals surface area contributed by atoms with Gasteiger partial charge in [0.25, 0.3) is 0 Å². The third-order valence-corrected chi connectivity index (χ3v) is 2.20. The number of nitrogens with zero attached hydrogens (tertiary/aromatic N) is 1. The Kier molecular flexibility index (Phi) is 5.25. The van der Waals surface area contributed by atoms with E-state index in [1.165, 1.54) is 6.21 Å². The summed E-state index contributed by atoms with van der Waals surface area (Å²) in [7, 11) is 1.54. The predicted octanol–water partition coefficient (Wildman–Crippen LogP) is 1.06. The van der Waals surface area contributed by atoms with Crippen molar-refractivity contribution in [1.82, 2.24) is 10.7 Å². The van der Waals surface area contributed by atoms with Gasteiger partial charge in [0, 0.05) is 11.1 Å². The first kappa shape index (κ1) is 15.7. The largest absolute Gasteiger partial charge is 0.496 e. The SMILES string of the molecule is COc1ccccc1/C=N/NC(=O)C(=O)NC(C)(C)C. The van der Waals surface area contributed by atoms with Crippen molar-refractivity contribution in [2.75, 3.05) is 7.11 Å². The molecule has 20 heavy (non-hydrogen) atoms. The molecule has 1 aromatic carbocycles. The van der Waals surface area contributed by atoms with E-state index < -0.39 is 17.4 Å². The molecule has 0 atom stereocenters. The fourth-order valence-corrected chi connectivity index (χ4v) is 1.38. The highest BCUT2D eigenvalue weighted by Crippen LogP contribution is 2.14. The highest BCUT2D eigenvalue weighted by molar-refractivity contribution is 6.35. The molecule has 1 rings (SSSR count). The molecule has 0 saturated heterocycles. The summed E-state index contributed by atoms with van der Waals surface area (Å²) in [4.78, 5) is 23.0. The normalized spacial score (nSPS) is 11.2. The topological polar surface area (TPSA) is 79.8 Å². The van der Waals surface area contributed by atoms with Crippen molar-refractivity contribution in [3.8, 4) is 5.75 Å². The Morgan fingerprint density at radius 2 is 1.85 bits per heavy atom. The molecule has 1 aromatic rings. The molecule has 2 N–H and O–H groups in total. The number of para-hydroxylation sites is 1. The Morgan fingerprint density at radius 3 is 2.45 bits per heavy atom. The summed E-state index contributed by atoms with van der Waals surface area (Å²) < 4.78 is 5.13. The summed E-state index contributed by atoms with van der Waals surface area (Å²) in [6, 6.07) is 7.20. The van der Waals surface area contributed by atoms with E-state index in [0.717, 1.165) is 0 Å². The summed E-state index contributed by atoms with van der Waals surface area (Å²) in [5.41, 5.74) is 2.40. The van der Waals surface area contributed by atoms with E-state index in [9.17, 15) is 9.59 Å². The van der Waals surface area contributed by atoms with Crippen molar-refractivity contribution in [3.63, 3.8) is 0 Å². The number of hydrogen-bond donors (Lipinski definition) is 2. The lowest BCUT2D eigenvalue weighted by Gasteiger charge is -2.19. The van der Waals surface area contributed by atoms with Crippen LogP contribution in [0.3, 0.4) is 0 Å². The van der Waals surface area contributed by atoms with Crippen molar-refractivity contribution < 1.29 is 14.3 Å². The van der Waals surface area contributed by atoms with Gasteiger partial charge in [0.1, 0.15) is 5.75 Å². The zero-order valence-corrected chi connectivity index (χ0v) is 12.1. The average molecular weight is 277 g/mol. The highest BCUT2D eigenvalue weighted by atomic mass is 16.5. The molecule has 0 heterocycles. The monoisotopic (exact) mass is 277 g/mol. The maximum atomic E-state index is 11.5. The fraction of sp³-hybridized carbons (Fsp3) is 0.357. The molecular formula is C14H19N3O3. The number of benzene rings is 1. The van der Waals surface area contributed by atoms with Gasteiger partial charge >= 0.3 is 11.8 Å². The van der Waals surface area contributed by atoms with E-state index >= 15 is 0 Å². The molecular weight excluding hydrogens is 258 g/mol. The summed E-state index contributed by atoms with van der Waals surface area (Å²) in [6.45, 7) is 5.36. The minimum absolute atomic E-state index is 0.471. The summed E-state index contributed by atoms with van der Waals surface area (Å²) in [6.07, 6.45) is 1.42. The Labute approximate surface area is 118 Å². The van der Waals surface area contributed by atoms with E-state index in [0.29, 0.717) is 11.3 Å². The molecule has 0 aliphatic carbocycles. The van der Waals surface area contributed by atoms with Gasteiger partial charge in [0.15, 0.2) is 0 Å². The lowest BCUT2D eigenvalue weighted by molar-refractivity contribution is -0.140. The first-order chi connectivity index (χ1) is 9.33. The van der Waals surface area contributed by atoms with Gasteiger partial charge in [0.2, 0.25) is 0 Å². The minimum atomic E-state index is -0.814. The number of hydrazone groups is 1. The summed E-state index contributed by atoms with van der Waals surface area (Å²) >= 11 is 0. The Morgan fingerprint density at radius 1 is 1.20 bits per heavy atom. The van der Waals surface area contributed by atoms with Crippen molar-refractivity contribution in [2.24, 2.45) is 5.10 Å². The molecule has 2 amide bonds. The van der Waals surface area contributed by atoms with Crippen molar-refractivity contribution in [1.29, 1.82) is 0 Å². The lowest BCUT2D eigenvalue weighted by atomic mass is 10.1. The first-order valence-corrected chi connectivity index (χ1v) is 6.12. The molecule has 0 bridgehead atoms. The minimum Gasteiger partial charge on any atom is -0.496 e. The zero-order chi connectivity index (χ0) is 15.2.